The van der Waals surface area contributed by atoms with E-state index in [0.717, 1.165) is 38.9 Å². The molecule has 0 aliphatic carbocycles. The Hall–Kier alpha value is -2.48. The van der Waals surface area contributed by atoms with Gasteiger partial charge in [-0.05, 0) is 50.4 Å². The molecule has 0 saturated carbocycles. The van der Waals surface area contributed by atoms with Crippen LogP contribution in [0, 0.1) is 5.92 Å². The van der Waals surface area contributed by atoms with Gasteiger partial charge in [-0.2, -0.15) is 5.10 Å². The predicted molar refractivity (Wildman–Crippen MR) is 91.3 cm³/mol. The molecule has 0 spiro atoms. The SMILES string of the molecule is O=C1NCCC1N1CCC(Cn2nc(-n3cccn3)ccc2=O)CC1. The lowest BCUT2D eigenvalue weighted by molar-refractivity contribution is -0.124. The lowest BCUT2D eigenvalue weighted by Crippen LogP contribution is -2.45. The molecular formula is C17H22N6O2. The van der Waals surface area contributed by atoms with Crippen molar-refractivity contribution in [1.29, 1.82) is 0 Å². The lowest BCUT2D eigenvalue weighted by atomic mass is 9.95. The molecule has 2 saturated heterocycles. The second-order valence-electron chi connectivity index (χ2n) is 6.74. The zero-order valence-corrected chi connectivity index (χ0v) is 14.0. The number of hydrogen-bond donors (Lipinski definition) is 1. The summed E-state index contributed by atoms with van der Waals surface area (Å²) in [6, 6.07) is 5.09. The highest BCUT2D eigenvalue weighted by atomic mass is 16.2. The number of nitrogens with one attached hydrogen (secondary N) is 1. The van der Waals surface area contributed by atoms with Gasteiger partial charge in [0.15, 0.2) is 5.82 Å². The maximum atomic E-state index is 12.1. The zero-order valence-electron chi connectivity index (χ0n) is 14.0. The monoisotopic (exact) mass is 342 g/mol. The molecule has 1 N–H and O–H groups in total. The van der Waals surface area contributed by atoms with Crippen LogP contribution in [0.3, 0.4) is 0 Å². The van der Waals surface area contributed by atoms with Crippen LogP contribution in [-0.2, 0) is 11.3 Å². The molecular weight excluding hydrogens is 320 g/mol. The maximum absolute atomic E-state index is 12.1. The number of carbonyl (C=O) groups excluding carboxylic acids is 1. The molecule has 0 bridgehead atoms. The Morgan fingerprint density at radius 3 is 2.68 bits per heavy atom. The van der Waals surface area contributed by atoms with E-state index in [4.69, 9.17) is 0 Å². The highest BCUT2D eigenvalue weighted by Gasteiger charge is 2.32. The van der Waals surface area contributed by atoms with Crippen molar-refractivity contribution in [2.45, 2.75) is 31.8 Å². The molecule has 4 rings (SSSR count). The molecule has 1 amide bonds. The van der Waals surface area contributed by atoms with Crippen molar-refractivity contribution in [3.63, 3.8) is 0 Å². The number of nitrogens with zero attached hydrogens (tertiary/aromatic N) is 5. The predicted octanol–water partition coefficient (Wildman–Crippen LogP) is 0.0295. The quantitative estimate of drug-likeness (QED) is 0.847. The second kappa shape index (κ2) is 6.79. The standard InChI is InChI=1S/C17H22N6O2/c24-16-3-2-15(22-9-1-7-19-22)20-23(16)12-13-5-10-21(11-6-13)14-4-8-18-17(14)25/h1-3,7,9,13-14H,4-6,8,10-12H2,(H,18,25). The zero-order chi connectivity index (χ0) is 17.2. The molecule has 1 unspecified atom stereocenters. The van der Waals surface area contributed by atoms with Crippen molar-refractivity contribution in [3.8, 4) is 5.82 Å². The molecule has 2 aromatic heterocycles. The molecule has 2 aromatic rings. The van der Waals surface area contributed by atoms with Gasteiger partial charge in [-0.25, -0.2) is 9.36 Å². The van der Waals surface area contributed by atoms with E-state index >= 15 is 0 Å². The van der Waals surface area contributed by atoms with Crippen molar-refractivity contribution < 1.29 is 4.79 Å². The van der Waals surface area contributed by atoms with E-state index < -0.39 is 0 Å². The molecule has 25 heavy (non-hydrogen) atoms. The molecule has 8 heteroatoms. The number of carbonyl (C=O) groups is 1. The minimum atomic E-state index is -0.0893. The first-order valence-electron chi connectivity index (χ1n) is 8.80. The van der Waals surface area contributed by atoms with Gasteiger partial charge in [-0.3, -0.25) is 14.5 Å². The minimum Gasteiger partial charge on any atom is -0.355 e. The maximum Gasteiger partial charge on any atom is 0.266 e. The Morgan fingerprint density at radius 1 is 1.16 bits per heavy atom. The third kappa shape index (κ3) is 3.34. The van der Waals surface area contributed by atoms with Crippen LogP contribution in [0.5, 0.6) is 0 Å². The number of aromatic nitrogens is 4. The van der Waals surface area contributed by atoms with E-state index in [1.165, 1.54) is 0 Å². The van der Waals surface area contributed by atoms with Crippen molar-refractivity contribution >= 4 is 5.91 Å². The van der Waals surface area contributed by atoms with Crippen molar-refractivity contribution in [2.75, 3.05) is 19.6 Å². The summed E-state index contributed by atoms with van der Waals surface area (Å²) in [4.78, 5) is 26.2. The van der Waals surface area contributed by atoms with Crippen LogP contribution < -0.4 is 10.9 Å². The van der Waals surface area contributed by atoms with Crippen LogP contribution in [0.25, 0.3) is 5.82 Å². The van der Waals surface area contributed by atoms with E-state index in [9.17, 15) is 9.59 Å². The molecule has 8 nitrogen and oxygen atoms in total. The average Bonchev–Trinajstić information content (AvgIpc) is 3.29. The Labute approximate surface area is 145 Å². The summed E-state index contributed by atoms with van der Waals surface area (Å²) in [5.74, 6) is 1.20. The summed E-state index contributed by atoms with van der Waals surface area (Å²) in [6.45, 7) is 3.19. The molecule has 2 aliphatic heterocycles. The summed E-state index contributed by atoms with van der Waals surface area (Å²) in [6.07, 6.45) is 6.35. The third-order valence-corrected chi connectivity index (χ3v) is 5.13. The molecule has 132 valence electrons. The van der Waals surface area contributed by atoms with Gasteiger partial charge in [0.1, 0.15) is 0 Å². The highest BCUT2D eigenvalue weighted by Crippen LogP contribution is 2.22. The van der Waals surface area contributed by atoms with E-state index in [1.54, 1.807) is 27.7 Å². The summed E-state index contributed by atoms with van der Waals surface area (Å²) >= 11 is 0. The van der Waals surface area contributed by atoms with E-state index in [2.05, 4.69) is 20.4 Å². The van der Waals surface area contributed by atoms with Gasteiger partial charge in [0.05, 0.1) is 6.04 Å². The third-order valence-electron chi connectivity index (χ3n) is 5.13. The van der Waals surface area contributed by atoms with Gasteiger partial charge in [0.2, 0.25) is 5.91 Å². The molecule has 2 aliphatic rings. The minimum absolute atomic E-state index is 0.0324. The van der Waals surface area contributed by atoms with Crippen LogP contribution in [0.1, 0.15) is 19.3 Å². The van der Waals surface area contributed by atoms with Crippen LogP contribution in [0.2, 0.25) is 0 Å². The topological polar surface area (TPSA) is 85.1 Å². The number of amides is 1. The van der Waals surface area contributed by atoms with E-state index in [0.29, 0.717) is 18.3 Å². The molecule has 2 fully saturated rings. The average molecular weight is 342 g/mol. The number of piperidine rings is 1. The van der Waals surface area contributed by atoms with Crippen molar-refractivity contribution in [2.24, 2.45) is 5.92 Å². The van der Waals surface area contributed by atoms with Crippen LogP contribution in [0.4, 0.5) is 0 Å². The van der Waals surface area contributed by atoms with Crippen molar-refractivity contribution in [3.05, 3.63) is 40.9 Å². The van der Waals surface area contributed by atoms with Crippen LogP contribution in [-0.4, -0.2) is 56.0 Å². The number of hydrogen-bond acceptors (Lipinski definition) is 5. The van der Waals surface area contributed by atoms with Gasteiger partial charge in [-0.1, -0.05) is 0 Å². The first kappa shape index (κ1) is 16.0. The Morgan fingerprint density at radius 2 is 2.00 bits per heavy atom. The Bertz CT molecular complexity index is 792. The van der Waals surface area contributed by atoms with Gasteiger partial charge in [0, 0.05) is 31.5 Å². The molecule has 1 atom stereocenters. The number of likely N-dealkylation sites (tertiary alicyclic amines) is 1. The summed E-state index contributed by atoms with van der Waals surface area (Å²) < 4.78 is 3.19. The van der Waals surface area contributed by atoms with Gasteiger partial charge in [0.25, 0.3) is 5.56 Å². The largest absolute Gasteiger partial charge is 0.355 e. The summed E-state index contributed by atoms with van der Waals surface area (Å²) in [5, 5.41) is 11.5. The van der Waals surface area contributed by atoms with Crippen LogP contribution >= 0.6 is 0 Å². The molecule has 4 heterocycles. The second-order valence-corrected chi connectivity index (χ2v) is 6.74. The van der Waals surface area contributed by atoms with Crippen molar-refractivity contribution in [1.82, 2.24) is 29.8 Å². The molecule has 0 aromatic carbocycles. The smallest absolute Gasteiger partial charge is 0.266 e. The first-order valence-corrected chi connectivity index (χ1v) is 8.80. The van der Waals surface area contributed by atoms with Gasteiger partial charge in [-0.15, -0.1) is 5.10 Å². The van der Waals surface area contributed by atoms with Gasteiger partial charge < -0.3 is 5.32 Å². The lowest BCUT2D eigenvalue weighted by Gasteiger charge is -2.34. The fraction of sp³-hybridized carbons (Fsp3) is 0.529. The first-order chi connectivity index (χ1) is 12.2. The normalized spacial score (nSPS) is 22.2. The Kier molecular flexibility index (Phi) is 4.35. The highest BCUT2D eigenvalue weighted by molar-refractivity contribution is 5.83. The molecule has 0 radical (unpaired) electrons. The van der Waals surface area contributed by atoms with Gasteiger partial charge >= 0.3 is 0 Å². The number of rotatable bonds is 4. The van der Waals surface area contributed by atoms with Crippen LogP contribution in [0.15, 0.2) is 35.4 Å². The fourth-order valence-electron chi connectivity index (χ4n) is 3.72. The fourth-order valence-corrected chi connectivity index (χ4v) is 3.72. The van der Waals surface area contributed by atoms with E-state index in [1.807, 2.05) is 12.3 Å². The summed E-state index contributed by atoms with van der Waals surface area (Å²) in [7, 11) is 0. The van der Waals surface area contributed by atoms with E-state index in [-0.39, 0.29) is 17.5 Å². The Balaban J connectivity index is 1.41. The summed E-state index contributed by atoms with van der Waals surface area (Å²) in [5.41, 5.74) is -0.0893.